The van der Waals surface area contributed by atoms with Gasteiger partial charge in [0, 0.05) is 18.9 Å². The van der Waals surface area contributed by atoms with Crippen LogP contribution in [0.5, 0.6) is 0 Å². The van der Waals surface area contributed by atoms with Gasteiger partial charge in [0.25, 0.3) is 0 Å². The number of nitrogens with zero attached hydrogens (tertiary/aromatic N) is 2. The van der Waals surface area contributed by atoms with E-state index in [1.165, 1.54) is 0 Å². The summed E-state index contributed by atoms with van der Waals surface area (Å²) in [5, 5.41) is 4.01. The van der Waals surface area contributed by atoms with Crippen molar-refractivity contribution in [1.82, 2.24) is 10.1 Å². The van der Waals surface area contributed by atoms with Crippen LogP contribution < -0.4 is 5.73 Å². The molecule has 5 nitrogen and oxygen atoms in total. The summed E-state index contributed by atoms with van der Waals surface area (Å²) < 4.78 is 10.8. The molecule has 17 heavy (non-hydrogen) atoms. The average Bonchev–Trinajstić information content (AvgIpc) is 2.98. The third-order valence-electron chi connectivity index (χ3n) is 3.18. The fourth-order valence-corrected chi connectivity index (χ4v) is 2.11. The second-order valence-corrected chi connectivity index (χ2v) is 4.72. The van der Waals surface area contributed by atoms with Crippen LogP contribution in [0.4, 0.5) is 0 Å². The normalized spacial score (nSPS) is 21.9. The van der Waals surface area contributed by atoms with Crippen LogP contribution in [0.2, 0.25) is 0 Å². The summed E-state index contributed by atoms with van der Waals surface area (Å²) in [5.74, 6) is 1.79. The number of hydrogen-bond donors (Lipinski definition) is 1. The summed E-state index contributed by atoms with van der Waals surface area (Å²) in [5.41, 5.74) is 5.49. The van der Waals surface area contributed by atoms with Gasteiger partial charge >= 0.3 is 0 Å². The summed E-state index contributed by atoms with van der Waals surface area (Å²) >= 11 is 0. The molecule has 2 atom stereocenters. The lowest BCUT2D eigenvalue weighted by Gasteiger charge is -2.05. The Bertz CT molecular complexity index is 334. The minimum atomic E-state index is 0.278. The highest BCUT2D eigenvalue weighted by molar-refractivity contribution is 4.94. The maximum absolute atomic E-state index is 5.55. The molecule has 0 saturated carbocycles. The van der Waals surface area contributed by atoms with Gasteiger partial charge in [0.05, 0.1) is 6.10 Å². The number of rotatable bonds is 6. The van der Waals surface area contributed by atoms with Crippen LogP contribution in [0.15, 0.2) is 4.52 Å². The first kappa shape index (κ1) is 12.5. The van der Waals surface area contributed by atoms with E-state index in [4.69, 9.17) is 15.0 Å². The number of ether oxygens (including phenoxy) is 1. The lowest BCUT2D eigenvalue weighted by molar-refractivity contribution is 0.109. The molecule has 1 aromatic rings. The molecule has 1 fully saturated rings. The highest BCUT2D eigenvalue weighted by Gasteiger charge is 2.20. The van der Waals surface area contributed by atoms with E-state index in [1.807, 2.05) is 0 Å². The van der Waals surface area contributed by atoms with Gasteiger partial charge < -0.3 is 15.0 Å². The van der Waals surface area contributed by atoms with Crippen molar-refractivity contribution >= 4 is 0 Å². The molecule has 2 unspecified atom stereocenters. The monoisotopic (exact) mass is 239 g/mol. The second-order valence-electron chi connectivity index (χ2n) is 4.72. The molecule has 1 aromatic heterocycles. The number of hydrogen-bond acceptors (Lipinski definition) is 5. The topological polar surface area (TPSA) is 74.2 Å². The smallest absolute Gasteiger partial charge is 0.229 e. The van der Waals surface area contributed by atoms with Crippen molar-refractivity contribution in [3.8, 4) is 0 Å². The first-order chi connectivity index (χ1) is 8.29. The van der Waals surface area contributed by atoms with E-state index < -0.39 is 0 Å². The molecule has 1 aliphatic rings. The zero-order valence-corrected chi connectivity index (χ0v) is 10.4. The van der Waals surface area contributed by atoms with Gasteiger partial charge in [0.15, 0.2) is 5.82 Å². The zero-order chi connectivity index (χ0) is 12.1. The van der Waals surface area contributed by atoms with Gasteiger partial charge in [-0.25, -0.2) is 0 Å². The first-order valence-corrected chi connectivity index (χ1v) is 6.43. The highest BCUT2D eigenvalue weighted by Crippen LogP contribution is 2.20. The van der Waals surface area contributed by atoms with Crippen molar-refractivity contribution in [2.45, 2.75) is 51.0 Å². The molecule has 5 heteroatoms. The van der Waals surface area contributed by atoms with Crippen LogP contribution >= 0.6 is 0 Å². The summed E-state index contributed by atoms with van der Waals surface area (Å²) in [6.45, 7) is 3.67. The summed E-state index contributed by atoms with van der Waals surface area (Å²) in [6, 6.07) is 0. The van der Waals surface area contributed by atoms with E-state index in [1.54, 1.807) is 0 Å². The minimum absolute atomic E-state index is 0.278. The maximum atomic E-state index is 5.55. The molecule has 2 N–H and O–H groups in total. The number of aromatic nitrogens is 2. The molecule has 0 aromatic carbocycles. The highest BCUT2D eigenvalue weighted by atomic mass is 16.5. The third kappa shape index (κ3) is 3.51. The summed E-state index contributed by atoms with van der Waals surface area (Å²) in [4.78, 5) is 4.43. The molecule has 0 bridgehead atoms. The van der Waals surface area contributed by atoms with Gasteiger partial charge in [-0.05, 0) is 32.2 Å². The fourth-order valence-electron chi connectivity index (χ4n) is 2.11. The van der Waals surface area contributed by atoms with Crippen LogP contribution in [0.25, 0.3) is 0 Å². The molecule has 0 spiro atoms. The van der Waals surface area contributed by atoms with Crippen LogP contribution in [-0.2, 0) is 11.2 Å². The Morgan fingerprint density at radius 1 is 1.53 bits per heavy atom. The fraction of sp³-hybridized carbons (Fsp3) is 0.833. The molecule has 1 saturated heterocycles. The Balaban J connectivity index is 1.86. The van der Waals surface area contributed by atoms with Crippen LogP contribution in [0.3, 0.4) is 0 Å². The minimum Gasteiger partial charge on any atom is -0.378 e. The SMILES string of the molecule is CC(CCCN)c1nc(CC2CCCO2)no1. The molecule has 0 amide bonds. The third-order valence-corrected chi connectivity index (χ3v) is 3.18. The Morgan fingerprint density at radius 3 is 3.12 bits per heavy atom. The predicted octanol–water partition coefficient (Wildman–Crippen LogP) is 1.63. The molecular weight excluding hydrogens is 218 g/mol. The maximum Gasteiger partial charge on any atom is 0.229 e. The molecule has 1 aliphatic heterocycles. The van der Waals surface area contributed by atoms with Crippen molar-refractivity contribution in [2.75, 3.05) is 13.2 Å². The molecule has 0 aliphatic carbocycles. The van der Waals surface area contributed by atoms with Gasteiger partial charge in [-0.2, -0.15) is 4.98 Å². The zero-order valence-electron chi connectivity index (χ0n) is 10.4. The van der Waals surface area contributed by atoms with Gasteiger partial charge in [0.1, 0.15) is 0 Å². The van der Waals surface area contributed by atoms with Gasteiger partial charge in [-0.1, -0.05) is 12.1 Å². The molecule has 96 valence electrons. The Morgan fingerprint density at radius 2 is 2.41 bits per heavy atom. The van der Waals surface area contributed by atoms with Gasteiger partial charge in [0.2, 0.25) is 5.89 Å². The first-order valence-electron chi connectivity index (χ1n) is 6.43. The van der Waals surface area contributed by atoms with Crippen molar-refractivity contribution in [3.05, 3.63) is 11.7 Å². The standard InChI is InChI=1S/C12H21N3O2/c1-9(4-2-6-13)12-14-11(15-17-12)8-10-5-3-7-16-10/h9-10H,2-8,13H2,1H3. The Hall–Kier alpha value is -0.940. The number of nitrogens with two attached hydrogens (primary N) is 1. The largest absolute Gasteiger partial charge is 0.378 e. The van der Waals surface area contributed by atoms with Gasteiger partial charge in [-0.15, -0.1) is 0 Å². The lowest BCUT2D eigenvalue weighted by atomic mass is 10.1. The van der Waals surface area contributed by atoms with Crippen LogP contribution in [0.1, 0.15) is 50.2 Å². The molecular formula is C12H21N3O2. The van der Waals surface area contributed by atoms with Crippen molar-refractivity contribution in [2.24, 2.45) is 5.73 Å². The van der Waals surface area contributed by atoms with E-state index in [0.717, 1.165) is 50.4 Å². The predicted molar refractivity (Wildman–Crippen MR) is 63.7 cm³/mol. The van der Waals surface area contributed by atoms with Crippen molar-refractivity contribution < 1.29 is 9.26 Å². The summed E-state index contributed by atoms with van der Waals surface area (Å²) in [7, 11) is 0. The second kappa shape index (κ2) is 6.12. The van der Waals surface area contributed by atoms with Crippen molar-refractivity contribution in [1.29, 1.82) is 0 Å². The average molecular weight is 239 g/mol. The van der Waals surface area contributed by atoms with Crippen LogP contribution in [0, 0.1) is 0 Å². The van der Waals surface area contributed by atoms with Crippen molar-refractivity contribution in [3.63, 3.8) is 0 Å². The molecule has 2 rings (SSSR count). The van der Waals surface area contributed by atoms with E-state index in [2.05, 4.69) is 17.1 Å². The molecule has 2 heterocycles. The van der Waals surface area contributed by atoms with E-state index >= 15 is 0 Å². The Kier molecular flexibility index (Phi) is 4.50. The van der Waals surface area contributed by atoms with Crippen LogP contribution in [-0.4, -0.2) is 29.4 Å². The van der Waals surface area contributed by atoms with E-state index in [-0.39, 0.29) is 6.10 Å². The Labute approximate surface area is 102 Å². The quantitative estimate of drug-likeness (QED) is 0.816. The molecule has 0 radical (unpaired) electrons. The summed E-state index contributed by atoms with van der Waals surface area (Å²) in [6.07, 6.45) is 5.28. The van der Waals surface area contributed by atoms with E-state index in [9.17, 15) is 0 Å². The van der Waals surface area contributed by atoms with Gasteiger partial charge in [-0.3, -0.25) is 0 Å². The van der Waals surface area contributed by atoms with E-state index in [0.29, 0.717) is 12.5 Å². The lowest BCUT2D eigenvalue weighted by Crippen LogP contribution is -2.10.